The number of nitro groups is 1. The first-order valence-electron chi connectivity index (χ1n) is 11.1. The summed E-state index contributed by atoms with van der Waals surface area (Å²) in [5.41, 5.74) is 0.149. The third-order valence-electron chi connectivity index (χ3n) is 5.94. The first kappa shape index (κ1) is 24.1. The number of carbonyl (C=O) groups excluding carboxylic acids is 1. The second kappa shape index (κ2) is 8.66. The number of carbonyl (C=O) groups is 1. The van der Waals surface area contributed by atoms with E-state index in [1.807, 2.05) is 13.8 Å². The molecule has 0 radical (unpaired) electrons. The third kappa shape index (κ3) is 4.92. The van der Waals surface area contributed by atoms with Crippen molar-refractivity contribution in [1.29, 1.82) is 0 Å². The Balaban J connectivity index is 1.47. The summed E-state index contributed by atoms with van der Waals surface area (Å²) in [6.45, 7) is 10.9. The minimum Gasteiger partial charge on any atom is -0.445 e. The molecule has 0 N–H and O–H groups in total. The van der Waals surface area contributed by atoms with Gasteiger partial charge in [-0.2, -0.15) is 0 Å². The number of benzene rings is 1. The number of aromatic nitrogens is 2. The molecule has 2 atom stereocenters. The minimum atomic E-state index is -0.857. The smallest absolute Gasteiger partial charge is 0.414 e. The van der Waals surface area contributed by atoms with Crippen molar-refractivity contribution < 1.29 is 28.0 Å². The lowest BCUT2D eigenvalue weighted by atomic mass is 9.97. The molecule has 2 aliphatic heterocycles. The van der Waals surface area contributed by atoms with Gasteiger partial charge in [-0.1, -0.05) is 26.8 Å². The van der Waals surface area contributed by atoms with E-state index < -0.39 is 38.3 Å². The molecule has 1 aromatic carbocycles. The summed E-state index contributed by atoms with van der Waals surface area (Å²) < 4.78 is 33.9. The number of hydrogen-bond acceptors (Lipinski definition) is 7. The van der Waals surface area contributed by atoms with Crippen molar-refractivity contribution in [2.45, 2.75) is 63.8 Å². The molecule has 1 saturated heterocycles. The van der Waals surface area contributed by atoms with Gasteiger partial charge in [0, 0.05) is 17.4 Å². The molecule has 3 heterocycles. The predicted molar refractivity (Wildman–Crippen MR) is 125 cm³/mol. The van der Waals surface area contributed by atoms with Crippen molar-refractivity contribution in [3.05, 3.63) is 45.9 Å². The zero-order valence-corrected chi connectivity index (χ0v) is 21.3. The largest absolute Gasteiger partial charge is 0.445 e. The zero-order chi connectivity index (χ0) is 24.8. The van der Waals surface area contributed by atoms with E-state index in [9.17, 15) is 14.9 Å². The van der Waals surface area contributed by atoms with Crippen LogP contribution < -0.4 is 9.64 Å². The molecule has 12 heteroatoms. The first-order valence-corrected chi connectivity index (χ1v) is 12.4. The molecule has 0 spiro atoms. The first-order chi connectivity index (χ1) is 15.8. The van der Waals surface area contributed by atoms with Gasteiger partial charge in [-0.15, -0.1) is 0 Å². The van der Waals surface area contributed by atoms with E-state index >= 15 is 4.39 Å². The molecule has 2 aromatic rings. The van der Waals surface area contributed by atoms with Crippen LogP contribution in [-0.4, -0.2) is 55.2 Å². The maximum atomic E-state index is 15.1. The Kier molecular flexibility index (Phi) is 6.15. The number of imidazole rings is 1. The van der Waals surface area contributed by atoms with Crippen molar-refractivity contribution in [3.63, 3.8) is 0 Å². The quantitative estimate of drug-likeness (QED) is 0.345. The highest BCUT2D eigenvalue weighted by Gasteiger charge is 2.43. The van der Waals surface area contributed by atoms with Crippen LogP contribution >= 0.6 is 0 Å². The van der Waals surface area contributed by atoms with Crippen molar-refractivity contribution in [1.82, 2.24) is 9.55 Å². The van der Waals surface area contributed by atoms with Gasteiger partial charge in [0.15, 0.2) is 9.76 Å². The van der Waals surface area contributed by atoms with Crippen LogP contribution in [0.4, 0.5) is 20.7 Å². The van der Waals surface area contributed by atoms with Crippen LogP contribution in [0.15, 0.2) is 24.4 Å². The van der Waals surface area contributed by atoms with Gasteiger partial charge in [-0.05, 0) is 41.5 Å². The summed E-state index contributed by atoms with van der Waals surface area (Å²) >= 11 is 0. The van der Waals surface area contributed by atoms with E-state index in [4.69, 9.17) is 13.9 Å². The van der Waals surface area contributed by atoms with Crippen molar-refractivity contribution in [3.8, 4) is 6.01 Å². The fourth-order valence-electron chi connectivity index (χ4n) is 3.92. The van der Waals surface area contributed by atoms with E-state index in [2.05, 4.69) is 25.8 Å². The van der Waals surface area contributed by atoms with E-state index in [1.165, 1.54) is 21.7 Å². The van der Waals surface area contributed by atoms with Crippen LogP contribution in [0.5, 0.6) is 6.01 Å². The number of ether oxygens (including phenoxy) is 2. The molecule has 0 aliphatic carbocycles. The van der Waals surface area contributed by atoms with Gasteiger partial charge >= 0.3 is 17.9 Å². The summed E-state index contributed by atoms with van der Waals surface area (Å²) in [5.74, 6) is -1.16. The number of anilines is 1. The molecule has 184 valence electrons. The maximum Gasteiger partial charge on any atom is 0.414 e. The molecule has 2 aliphatic rings. The Morgan fingerprint density at radius 3 is 2.65 bits per heavy atom. The Morgan fingerprint density at radius 1 is 1.26 bits per heavy atom. The monoisotopic (exact) mass is 492 g/mol. The molecule has 2 unspecified atom stereocenters. The van der Waals surface area contributed by atoms with Gasteiger partial charge in [-0.3, -0.25) is 9.47 Å². The number of cyclic esters (lactones) is 1. The van der Waals surface area contributed by atoms with Crippen LogP contribution in [-0.2, 0) is 15.7 Å². The summed E-state index contributed by atoms with van der Waals surface area (Å²) in [6.07, 6.45) is 0.267. The highest BCUT2D eigenvalue weighted by atomic mass is 28.2. The molecule has 0 bridgehead atoms. The van der Waals surface area contributed by atoms with Gasteiger partial charge in [0.1, 0.15) is 24.7 Å². The number of fused-ring (bicyclic) bond motifs is 1. The standard InChI is InChI=1S/C22H29FN4O6Si/c1-21(2,3)34-33-22(4,5)17-10-26(20(28)32-17)14-6-7-15(16(23)8-14)13-9-25-11-18(27(29)30)24-19(25)31-12-13/h6-8,11,13,17H,9-10,12,34H2,1-5H3. The Bertz CT molecular complexity index is 1120. The lowest BCUT2D eigenvalue weighted by molar-refractivity contribution is -0.389. The lowest BCUT2D eigenvalue weighted by Gasteiger charge is -2.33. The van der Waals surface area contributed by atoms with Crippen LogP contribution in [0.1, 0.15) is 46.1 Å². The van der Waals surface area contributed by atoms with E-state index in [1.54, 1.807) is 12.1 Å². The van der Waals surface area contributed by atoms with Crippen molar-refractivity contribution >= 4 is 27.4 Å². The summed E-state index contributed by atoms with van der Waals surface area (Å²) in [4.78, 5) is 28.1. The number of hydrogen-bond donors (Lipinski definition) is 0. The molecule has 1 amide bonds. The Morgan fingerprint density at radius 2 is 2.00 bits per heavy atom. The number of amides is 1. The molecule has 10 nitrogen and oxygen atoms in total. The fourth-order valence-corrected chi connectivity index (χ4v) is 4.91. The van der Waals surface area contributed by atoms with Crippen molar-refractivity contribution in [2.24, 2.45) is 0 Å². The highest BCUT2D eigenvalue weighted by Crippen LogP contribution is 2.34. The summed E-state index contributed by atoms with van der Waals surface area (Å²) in [5, 5.41) is 11.0. The fraction of sp³-hybridized carbons (Fsp3) is 0.545. The molecule has 34 heavy (non-hydrogen) atoms. The van der Waals surface area contributed by atoms with E-state index in [0.29, 0.717) is 17.8 Å². The average molecular weight is 493 g/mol. The SMILES string of the molecule is CC(C)(C)[SiH2]OC(C)(C)C1CN(c2ccc(C3COc4nc([N+](=O)[O-])cn4C3)c(F)c2)C(=O)O1. The summed E-state index contributed by atoms with van der Waals surface area (Å²) in [7, 11) is -0.857. The van der Waals surface area contributed by atoms with Gasteiger partial charge in [-0.25, -0.2) is 9.18 Å². The molecule has 1 fully saturated rings. The molecule has 1 aromatic heterocycles. The topological polar surface area (TPSA) is 109 Å². The van der Waals surface area contributed by atoms with Gasteiger partial charge in [0.25, 0.3) is 0 Å². The maximum absolute atomic E-state index is 15.1. The third-order valence-corrected chi connectivity index (χ3v) is 7.70. The lowest BCUT2D eigenvalue weighted by Crippen LogP contribution is -2.43. The second-order valence-corrected chi connectivity index (χ2v) is 13.1. The van der Waals surface area contributed by atoms with Gasteiger partial charge < -0.3 is 24.0 Å². The number of halogens is 1. The van der Waals surface area contributed by atoms with Crippen LogP contribution in [0.2, 0.25) is 5.04 Å². The minimum absolute atomic E-state index is 0.101. The number of rotatable bonds is 6. The molecule has 4 rings (SSSR count). The highest BCUT2D eigenvalue weighted by molar-refractivity contribution is 6.31. The second-order valence-electron chi connectivity index (χ2n) is 10.4. The van der Waals surface area contributed by atoms with Crippen molar-refractivity contribution in [2.75, 3.05) is 18.1 Å². The average Bonchev–Trinajstić information content (AvgIpc) is 3.35. The van der Waals surface area contributed by atoms with Crippen LogP contribution in [0, 0.1) is 15.9 Å². The zero-order valence-electron chi connectivity index (χ0n) is 19.9. The number of nitrogens with zero attached hydrogens (tertiary/aromatic N) is 4. The van der Waals surface area contributed by atoms with Crippen LogP contribution in [0.25, 0.3) is 0 Å². The van der Waals surface area contributed by atoms with Crippen LogP contribution in [0.3, 0.4) is 0 Å². The summed E-state index contributed by atoms with van der Waals surface area (Å²) in [6, 6.07) is 4.74. The molecular formula is C22H29FN4O6Si. The van der Waals surface area contributed by atoms with E-state index in [0.717, 1.165) is 0 Å². The molecular weight excluding hydrogens is 463 g/mol. The van der Waals surface area contributed by atoms with Gasteiger partial charge in [0.05, 0.1) is 17.8 Å². The Labute approximate surface area is 199 Å². The Hall–Kier alpha value is -2.99. The van der Waals surface area contributed by atoms with E-state index in [-0.39, 0.29) is 35.9 Å². The molecule has 0 saturated carbocycles. The normalized spacial score (nSPS) is 21.0. The van der Waals surface area contributed by atoms with Gasteiger partial charge in [0.2, 0.25) is 0 Å². The predicted octanol–water partition coefficient (Wildman–Crippen LogP) is 3.53.